The molecular weight excluding hydrogens is 278 g/mol. The average molecular weight is 292 g/mol. The maximum absolute atomic E-state index is 12.5. The molecule has 2 saturated carbocycles. The van der Waals surface area contributed by atoms with Crippen molar-refractivity contribution in [3.63, 3.8) is 0 Å². The van der Waals surface area contributed by atoms with E-state index in [9.17, 15) is 9.59 Å². The summed E-state index contributed by atoms with van der Waals surface area (Å²) in [4.78, 5) is 24.4. The van der Waals surface area contributed by atoms with Crippen LogP contribution in [0.4, 0.5) is 5.69 Å². The lowest BCUT2D eigenvalue weighted by Crippen LogP contribution is -2.35. The van der Waals surface area contributed by atoms with Crippen molar-refractivity contribution in [2.75, 3.05) is 5.32 Å². The Morgan fingerprint density at radius 1 is 1.35 bits per heavy atom. The molecule has 1 aromatic rings. The van der Waals surface area contributed by atoms with E-state index in [-0.39, 0.29) is 41.7 Å². The van der Waals surface area contributed by atoms with Crippen molar-refractivity contribution in [3.8, 4) is 0 Å². The molecule has 4 rings (SSSR count). The molecule has 20 heavy (non-hydrogen) atoms. The third-order valence-corrected chi connectivity index (χ3v) is 5.11. The Morgan fingerprint density at radius 3 is 3.00 bits per heavy atom. The number of anilines is 1. The molecule has 3 fully saturated rings. The van der Waals surface area contributed by atoms with Crippen LogP contribution >= 0.6 is 11.6 Å². The lowest BCUT2D eigenvalue weighted by atomic mass is 9.79. The topological polar surface area (TPSA) is 55.4 Å². The Morgan fingerprint density at radius 2 is 2.20 bits per heavy atom. The van der Waals surface area contributed by atoms with Gasteiger partial charge in [-0.2, -0.15) is 0 Å². The van der Waals surface area contributed by atoms with E-state index in [0.29, 0.717) is 10.7 Å². The van der Waals surface area contributed by atoms with E-state index in [1.807, 2.05) is 0 Å². The number of carbonyl (C=O) groups is 2. The molecule has 5 heteroatoms. The number of benzene rings is 1. The van der Waals surface area contributed by atoms with Crippen molar-refractivity contribution in [1.29, 1.82) is 0 Å². The Kier molecular flexibility index (Phi) is 2.58. The summed E-state index contributed by atoms with van der Waals surface area (Å²) in [5.41, 5.74) is 0.674. The predicted octanol–water partition coefficient (Wildman–Crippen LogP) is 2.48. The SMILES string of the molecule is O=C(Nc1cccc(Cl)c1)[C@H]1[C@@H]2C[C@H]3[C@@H]1C(=O)O[C@@H]3C2. The number of halogens is 1. The normalized spacial score (nSPS) is 37.0. The van der Waals surface area contributed by atoms with Crippen molar-refractivity contribution in [2.24, 2.45) is 23.7 Å². The summed E-state index contributed by atoms with van der Waals surface area (Å²) < 4.78 is 5.35. The van der Waals surface area contributed by atoms with Crippen LogP contribution in [0.5, 0.6) is 0 Å². The Bertz CT molecular complexity index is 601. The second-order valence-corrected chi connectivity index (χ2v) is 6.36. The number of amides is 1. The van der Waals surface area contributed by atoms with Gasteiger partial charge in [-0.3, -0.25) is 9.59 Å². The number of rotatable bonds is 2. The van der Waals surface area contributed by atoms with Gasteiger partial charge >= 0.3 is 5.97 Å². The fraction of sp³-hybridized carbons (Fsp3) is 0.467. The van der Waals surface area contributed by atoms with E-state index in [2.05, 4.69) is 5.32 Å². The molecule has 0 spiro atoms. The minimum atomic E-state index is -0.245. The quantitative estimate of drug-likeness (QED) is 0.852. The number of fused-ring (bicyclic) bond motifs is 1. The first-order chi connectivity index (χ1) is 9.63. The smallest absolute Gasteiger partial charge is 0.310 e. The lowest BCUT2D eigenvalue weighted by molar-refractivity contribution is -0.145. The highest BCUT2D eigenvalue weighted by molar-refractivity contribution is 6.30. The summed E-state index contributed by atoms with van der Waals surface area (Å²) in [7, 11) is 0. The molecule has 1 heterocycles. The van der Waals surface area contributed by atoms with Gasteiger partial charge in [-0.15, -0.1) is 0 Å². The van der Waals surface area contributed by atoms with Crippen molar-refractivity contribution in [3.05, 3.63) is 29.3 Å². The molecule has 1 saturated heterocycles. The van der Waals surface area contributed by atoms with Gasteiger partial charge in [-0.05, 0) is 37.0 Å². The van der Waals surface area contributed by atoms with E-state index >= 15 is 0 Å². The van der Waals surface area contributed by atoms with Gasteiger partial charge in [-0.25, -0.2) is 0 Å². The summed E-state index contributed by atoms with van der Waals surface area (Å²) in [6, 6.07) is 7.06. The number of ether oxygens (including phenoxy) is 1. The van der Waals surface area contributed by atoms with E-state index in [0.717, 1.165) is 12.8 Å². The van der Waals surface area contributed by atoms with Gasteiger partial charge in [0, 0.05) is 16.6 Å². The molecule has 3 aliphatic rings. The molecular formula is C15H14ClNO3. The number of esters is 1. The van der Waals surface area contributed by atoms with Crippen LogP contribution in [0.15, 0.2) is 24.3 Å². The second-order valence-electron chi connectivity index (χ2n) is 5.92. The zero-order valence-corrected chi connectivity index (χ0v) is 11.5. The van der Waals surface area contributed by atoms with Gasteiger partial charge in [0.25, 0.3) is 0 Å². The van der Waals surface area contributed by atoms with Gasteiger partial charge in [-0.1, -0.05) is 17.7 Å². The largest absolute Gasteiger partial charge is 0.462 e. The first kappa shape index (κ1) is 12.2. The van der Waals surface area contributed by atoms with Crippen LogP contribution in [0.2, 0.25) is 5.02 Å². The van der Waals surface area contributed by atoms with Gasteiger partial charge < -0.3 is 10.1 Å². The molecule has 0 radical (unpaired) electrons. The Labute approximate surface area is 121 Å². The minimum Gasteiger partial charge on any atom is -0.462 e. The predicted molar refractivity (Wildman–Crippen MR) is 73.2 cm³/mol. The fourth-order valence-corrected chi connectivity index (χ4v) is 4.35. The maximum Gasteiger partial charge on any atom is 0.310 e. The van der Waals surface area contributed by atoms with E-state index in [1.165, 1.54) is 0 Å². The number of nitrogens with one attached hydrogen (secondary N) is 1. The highest BCUT2D eigenvalue weighted by Crippen LogP contribution is 2.57. The summed E-state index contributed by atoms with van der Waals surface area (Å²) in [5, 5.41) is 3.46. The van der Waals surface area contributed by atoms with Gasteiger partial charge in [0.05, 0.1) is 11.8 Å². The summed E-state index contributed by atoms with van der Waals surface area (Å²) in [6.07, 6.45) is 1.84. The van der Waals surface area contributed by atoms with Crippen LogP contribution < -0.4 is 5.32 Å². The molecule has 0 unspecified atom stereocenters. The van der Waals surface area contributed by atoms with Crippen LogP contribution in [0.1, 0.15) is 12.8 Å². The highest BCUT2D eigenvalue weighted by Gasteiger charge is 2.63. The minimum absolute atomic E-state index is 0.0627. The number of hydrogen-bond acceptors (Lipinski definition) is 3. The molecule has 1 aliphatic heterocycles. The standard InChI is InChI=1S/C15H14ClNO3/c16-8-2-1-3-9(6-8)17-14(18)12-7-4-10-11(5-7)20-15(19)13(10)12/h1-3,6-7,10-13H,4-5H2,(H,17,18)/t7-,10-,11-,12+,13+/m1/s1. The summed E-state index contributed by atoms with van der Waals surface area (Å²) >= 11 is 5.91. The molecule has 2 bridgehead atoms. The first-order valence-electron chi connectivity index (χ1n) is 6.90. The Hall–Kier alpha value is -1.55. The fourth-order valence-electron chi connectivity index (χ4n) is 4.16. The van der Waals surface area contributed by atoms with Crippen molar-refractivity contribution in [1.82, 2.24) is 0 Å². The average Bonchev–Trinajstić information content (AvgIpc) is 2.99. The zero-order valence-electron chi connectivity index (χ0n) is 10.7. The summed E-state index contributed by atoms with van der Waals surface area (Å²) in [6.45, 7) is 0. The summed E-state index contributed by atoms with van der Waals surface area (Å²) in [5.74, 6) is -0.222. The van der Waals surface area contributed by atoms with Crippen molar-refractivity contribution >= 4 is 29.2 Å². The van der Waals surface area contributed by atoms with Crippen molar-refractivity contribution in [2.45, 2.75) is 18.9 Å². The van der Waals surface area contributed by atoms with Crippen LogP contribution in [0.3, 0.4) is 0 Å². The molecule has 4 nitrogen and oxygen atoms in total. The molecule has 1 N–H and O–H groups in total. The van der Waals surface area contributed by atoms with Gasteiger partial charge in [0.15, 0.2) is 0 Å². The monoisotopic (exact) mass is 291 g/mol. The Balaban J connectivity index is 1.56. The first-order valence-corrected chi connectivity index (χ1v) is 7.28. The van der Waals surface area contributed by atoms with E-state index in [1.54, 1.807) is 24.3 Å². The third-order valence-electron chi connectivity index (χ3n) is 4.88. The molecule has 1 aromatic carbocycles. The van der Waals surface area contributed by atoms with Gasteiger partial charge in [0.2, 0.25) is 5.91 Å². The third kappa shape index (κ3) is 1.67. The van der Waals surface area contributed by atoms with E-state index in [4.69, 9.17) is 16.3 Å². The van der Waals surface area contributed by atoms with Crippen LogP contribution in [-0.4, -0.2) is 18.0 Å². The zero-order chi connectivity index (χ0) is 13.9. The number of hydrogen-bond donors (Lipinski definition) is 1. The second kappa shape index (κ2) is 4.22. The molecule has 104 valence electrons. The van der Waals surface area contributed by atoms with E-state index < -0.39 is 0 Å². The highest BCUT2D eigenvalue weighted by atomic mass is 35.5. The lowest BCUT2D eigenvalue weighted by Gasteiger charge is -2.23. The van der Waals surface area contributed by atoms with Crippen LogP contribution in [0.25, 0.3) is 0 Å². The number of carbonyl (C=O) groups excluding carboxylic acids is 2. The molecule has 2 aliphatic carbocycles. The molecule has 1 amide bonds. The molecule has 5 atom stereocenters. The van der Waals surface area contributed by atoms with Crippen LogP contribution in [0, 0.1) is 23.7 Å². The van der Waals surface area contributed by atoms with Crippen LogP contribution in [-0.2, 0) is 14.3 Å². The maximum atomic E-state index is 12.5. The van der Waals surface area contributed by atoms with Crippen molar-refractivity contribution < 1.29 is 14.3 Å². The van der Waals surface area contributed by atoms with Gasteiger partial charge in [0.1, 0.15) is 6.10 Å². The molecule has 0 aromatic heterocycles.